The summed E-state index contributed by atoms with van der Waals surface area (Å²) >= 11 is 0. The van der Waals surface area contributed by atoms with Gasteiger partial charge in [-0.15, -0.1) is 0 Å². The summed E-state index contributed by atoms with van der Waals surface area (Å²) < 4.78 is 5.43. The zero-order valence-corrected chi connectivity index (χ0v) is 12.4. The van der Waals surface area contributed by atoms with E-state index in [1.54, 1.807) is 0 Å². The van der Waals surface area contributed by atoms with Crippen LogP contribution in [0.3, 0.4) is 0 Å². The minimum atomic E-state index is -0.0452. The van der Waals surface area contributed by atoms with Crippen LogP contribution in [-0.2, 0) is 11.2 Å². The SMILES string of the molecule is O=C(Cc1ccccc1)N1CCCC1c1nc(C2CC2)no1. The van der Waals surface area contributed by atoms with Gasteiger partial charge in [-0.2, -0.15) is 4.98 Å². The first kappa shape index (κ1) is 13.5. The Bertz CT molecular complexity index is 664. The number of carbonyl (C=O) groups excluding carboxylic acids is 1. The summed E-state index contributed by atoms with van der Waals surface area (Å²) in [5.74, 6) is 2.05. The molecule has 0 N–H and O–H groups in total. The maximum atomic E-state index is 12.6. The number of nitrogens with zero attached hydrogens (tertiary/aromatic N) is 3. The van der Waals surface area contributed by atoms with E-state index in [1.807, 2.05) is 35.2 Å². The predicted octanol–water partition coefficient (Wildman–Crippen LogP) is 2.85. The highest BCUT2D eigenvalue weighted by Gasteiger charge is 2.36. The molecular weight excluding hydrogens is 278 g/mol. The number of aromatic nitrogens is 2. The Balaban J connectivity index is 1.48. The van der Waals surface area contributed by atoms with E-state index in [9.17, 15) is 4.79 Å². The van der Waals surface area contributed by atoms with Crippen LogP contribution in [0.1, 0.15) is 54.9 Å². The first-order chi connectivity index (χ1) is 10.8. The number of rotatable bonds is 4. The van der Waals surface area contributed by atoms with Crippen LogP contribution < -0.4 is 0 Å². The van der Waals surface area contributed by atoms with Crippen molar-refractivity contribution in [2.45, 2.75) is 44.1 Å². The summed E-state index contributed by atoms with van der Waals surface area (Å²) in [6.45, 7) is 0.775. The highest BCUT2D eigenvalue weighted by Crippen LogP contribution is 2.39. The van der Waals surface area contributed by atoms with E-state index in [-0.39, 0.29) is 11.9 Å². The molecule has 5 nitrogen and oxygen atoms in total. The maximum absolute atomic E-state index is 12.6. The van der Waals surface area contributed by atoms with Crippen molar-refractivity contribution < 1.29 is 9.32 Å². The molecule has 1 unspecified atom stereocenters. The second-order valence-corrected chi connectivity index (χ2v) is 6.17. The van der Waals surface area contributed by atoms with Gasteiger partial charge < -0.3 is 9.42 Å². The molecular formula is C17H19N3O2. The highest BCUT2D eigenvalue weighted by atomic mass is 16.5. The van der Waals surface area contributed by atoms with E-state index >= 15 is 0 Å². The molecule has 2 aromatic rings. The summed E-state index contributed by atoms with van der Waals surface area (Å²) in [6.07, 6.45) is 4.64. The average molecular weight is 297 g/mol. The van der Waals surface area contributed by atoms with Crippen molar-refractivity contribution >= 4 is 5.91 Å². The van der Waals surface area contributed by atoms with Gasteiger partial charge in [0, 0.05) is 12.5 Å². The first-order valence-corrected chi connectivity index (χ1v) is 7.98. The van der Waals surface area contributed by atoms with Crippen molar-refractivity contribution in [2.75, 3.05) is 6.54 Å². The fourth-order valence-corrected chi connectivity index (χ4v) is 3.08. The Labute approximate surface area is 129 Å². The Hall–Kier alpha value is -2.17. The molecule has 1 aromatic heterocycles. The van der Waals surface area contributed by atoms with Crippen molar-refractivity contribution in [3.63, 3.8) is 0 Å². The molecule has 4 rings (SSSR count). The molecule has 0 radical (unpaired) electrons. The molecule has 1 aliphatic heterocycles. The number of likely N-dealkylation sites (tertiary alicyclic amines) is 1. The predicted molar refractivity (Wildman–Crippen MR) is 80.1 cm³/mol. The second-order valence-electron chi connectivity index (χ2n) is 6.17. The molecule has 0 bridgehead atoms. The standard InChI is InChI=1S/C17H19N3O2/c21-15(11-12-5-2-1-3-6-12)20-10-4-7-14(20)17-18-16(19-22-17)13-8-9-13/h1-3,5-6,13-14H,4,7-11H2. The third-order valence-electron chi connectivity index (χ3n) is 4.46. The smallest absolute Gasteiger partial charge is 0.249 e. The fraction of sp³-hybridized carbons (Fsp3) is 0.471. The van der Waals surface area contributed by atoms with Gasteiger partial charge in [0.2, 0.25) is 11.8 Å². The first-order valence-electron chi connectivity index (χ1n) is 7.98. The van der Waals surface area contributed by atoms with E-state index in [4.69, 9.17) is 4.52 Å². The van der Waals surface area contributed by atoms with Crippen LogP contribution in [0.25, 0.3) is 0 Å². The quantitative estimate of drug-likeness (QED) is 0.870. The van der Waals surface area contributed by atoms with Gasteiger partial charge in [-0.3, -0.25) is 4.79 Å². The number of benzene rings is 1. The largest absolute Gasteiger partial charge is 0.337 e. The number of carbonyl (C=O) groups is 1. The van der Waals surface area contributed by atoms with E-state index in [2.05, 4.69) is 10.1 Å². The molecule has 2 aliphatic rings. The van der Waals surface area contributed by atoms with Gasteiger partial charge in [-0.05, 0) is 31.2 Å². The zero-order chi connectivity index (χ0) is 14.9. The molecule has 1 amide bonds. The van der Waals surface area contributed by atoms with Gasteiger partial charge in [-0.1, -0.05) is 35.5 Å². The van der Waals surface area contributed by atoms with Gasteiger partial charge in [0.1, 0.15) is 6.04 Å². The van der Waals surface area contributed by atoms with Crippen molar-refractivity contribution in [1.29, 1.82) is 0 Å². The van der Waals surface area contributed by atoms with Crippen LogP contribution in [0.15, 0.2) is 34.9 Å². The zero-order valence-electron chi connectivity index (χ0n) is 12.4. The molecule has 1 aliphatic carbocycles. The minimum absolute atomic E-state index is 0.0452. The summed E-state index contributed by atoms with van der Waals surface area (Å²) in [6, 6.07) is 9.82. The van der Waals surface area contributed by atoms with E-state index in [0.29, 0.717) is 18.2 Å². The van der Waals surface area contributed by atoms with E-state index in [0.717, 1.165) is 43.6 Å². The van der Waals surface area contributed by atoms with Gasteiger partial charge in [0.25, 0.3) is 0 Å². The van der Waals surface area contributed by atoms with Crippen LogP contribution in [0.5, 0.6) is 0 Å². The van der Waals surface area contributed by atoms with Crippen molar-refractivity contribution in [2.24, 2.45) is 0 Å². The van der Waals surface area contributed by atoms with Crippen LogP contribution in [0, 0.1) is 0 Å². The minimum Gasteiger partial charge on any atom is -0.337 e. The Morgan fingerprint density at radius 1 is 1.23 bits per heavy atom. The summed E-state index contributed by atoms with van der Waals surface area (Å²) in [5.41, 5.74) is 1.04. The number of hydrogen-bond donors (Lipinski definition) is 0. The summed E-state index contributed by atoms with van der Waals surface area (Å²) in [7, 11) is 0. The van der Waals surface area contributed by atoms with Crippen LogP contribution in [-0.4, -0.2) is 27.5 Å². The normalized spacial score (nSPS) is 21.3. The summed E-state index contributed by atoms with van der Waals surface area (Å²) in [5, 5.41) is 4.08. The molecule has 2 heterocycles. The fourth-order valence-electron chi connectivity index (χ4n) is 3.08. The maximum Gasteiger partial charge on any atom is 0.249 e. The molecule has 1 saturated carbocycles. The monoisotopic (exact) mass is 297 g/mol. The average Bonchev–Trinajstić information content (AvgIpc) is 3.08. The highest BCUT2D eigenvalue weighted by molar-refractivity contribution is 5.79. The Kier molecular flexibility index (Phi) is 3.41. The molecule has 1 atom stereocenters. The topological polar surface area (TPSA) is 59.2 Å². The van der Waals surface area contributed by atoms with Crippen molar-refractivity contribution in [3.05, 3.63) is 47.6 Å². The Morgan fingerprint density at radius 2 is 2.05 bits per heavy atom. The van der Waals surface area contributed by atoms with Gasteiger partial charge >= 0.3 is 0 Å². The van der Waals surface area contributed by atoms with Crippen LogP contribution in [0.4, 0.5) is 0 Å². The molecule has 1 saturated heterocycles. The van der Waals surface area contributed by atoms with Crippen LogP contribution >= 0.6 is 0 Å². The van der Waals surface area contributed by atoms with Crippen molar-refractivity contribution in [3.8, 4) is 0 Å². The number of hydrogen-bond acceptors (Lipinski definition) is 4. The van der Waals surface area contributed by atoms with Gasteiger partial charge in [0.05, 0.1) is 6.42 Å². The number of amides is 1. The lowest BCUT2D eigenvalue weighted by Crippen LogP contribution is -2.32. The van der Waals surface area contributed by atoms with Crippen molar-refractivity contribution in [1.82, 2.24) is 15.0 Å². The molecule has 2 fully saturated rings. The van der Waals surface area contributed by atoms with E-state index in [1.165, 1.54) is 0 Å². The van der Waals surface area contributed by atoms with Crippen LogP contribution in [0.2, 0.25) is 0 Å². The lowest BCUT2D eigenvalue weighted by Gasteiger charge is -2.21. The second kappa shape index (κ2) is 5.55. The molecule has 5 heteroatoms. The molecule has 22 heavy (non-hydrogen) atoms. The third-order valence-corrected chi connectivity index (χ3v) is 4.46. The third kappa shape index (κ3) is 2.63. The van der Waals surface area contributed by atoms with E-state index < -0.39 is 0 Å². The molecule has 114 valence electrons. The van der Waals surface area contributed by atoms with Gasteiger partial charge in [0.15, 0.2) is 5.82 Å². The lowest BCUT2D eigenvalue weighted by atomic mass is 10.1. The Morgan fingerprint density at radius 3 is 2.82 bits per heavy atom. The molecule has 0 spiro atoms. The summed E-state index contributed by atoms with van der Waals surface area (Å²) in [4.78, 5) is 19.0. The van der Waals surface area contributed by atoms with Gasteiger partial charge in [-0.25, -0.2) is 0 Å². The lowest BCUT2D eigenvalue weighted by molar-refractivity contribution is -0.131. The molecule has 1 aromatic carbocycles.